The Morgan fingerprint density at radius 3 is 2.57 bits per heavy atom. The van der Waals surface area contributed by atoms with Crippen molar-refractivity contribution in [2.45, 2.75) is 20.4 Å². The summed E-state index contributed by atoms with van der Waals surface area (Å²) in [5, 5.41) is 13.6. The number of aryl methyl sites for hydroxylation is 1. The molecule has 0 N–H and O–H groups in total. The molecule has 3 aromatic rings. The standard InChI is InChI=1S/C18H15BrN4/c1-12-18(16-5-3-14(8-20)4-6-16)13(2)23(22-12)11-15-7-17(19)10-21-9-15/h3-7,9-10H,11H2,1-2H3. The van der Waals surface area contributed by atoms with Gasteiger partial charge < -0.3 is 0 Å². The van der Waals surface area contributed by atoms with E-state index in [0.717, 1.165) is 32.6 Å². The maximum Gasteiger partial charge on any atom is 0.0991 e. The van der Waals surface area contributed by atoms with Crippen molar-refractivity contribution in [3.05, 3.63) is 69.7 Å². The van der Waals surface area contributed by atoms with Crippen molar-refractivity contribution in [1.82, 2.24) is 14.8 Å². The first-order chi connectivity index (χ1) is 11.1. The minimum absolute atomic E-state index is 0.664. The van der Waals surface area contributed by atoms with Gasteiger partial charge in [-0.1, -0.05) is 12.1 Å². The highest BCUT2D eigenvalue weighted by atomic mass is 79.9. The summed E-state index contributed by atoms with van der Waals surface area (Å²) < 4.78 is 2.95. The number of halogens is 1. The Bertz CT molecular complexity index is 888. The zero-order valence-electron chi connectivity index (χ0n) is 12.9. The number of benzene rings is 1. The number of rotatable bonds is 3. The van der Waals surface area contributed by atoms with Gasteiger partial charge in [0.15, 0.2) is 0 Å². The molecule has 0 aliphatic heterocycles. The normalized spacial score (nSPS) is 10.5. The molecule has 0 unspecified atom stereocenters. The van der Waals surface area contributed by atoms with Gasteiger partial charge in [-0.15, -0.1) is 0 Å². The van der Waals surface area contributed by atoms with Crippen molar-refractivity contribution in [3.63, 3.8) is 0 Å². The van der Waals surface area contributed by atoms with E-state index < -0.39 is 0 Å². The Balaban J connectivity index is 1.97. The highest BCUT2D eigenvalue weighted by Gasteiger charge is 2.13. The van der Waals surface area contributed by atoms with Crippen molar-refractivity contribution < 1.29 is 0 Å². The van der Waals surface area contributed by atoms with Gasteiger partial charge in [-0.3, -0.25) is 9.67 Å². The SMILES string of the molecule is Cc1nn(Cc2cncc(Br)c2)c(C)c1-c1ccc(C#N)cc1. The molecule has 2 heterocycles. The van der Waals surface area contributed by atoms with E-state index in [9.17, 15) is 0 Å². The fourth-order valence-electron chi connectivity index (χ4n) is 2.70. The van der Waals surface area contributed by atoms with Crippen LogP contribution in [0.3, 0.4) is 0 Å². The molecule has 4 nitrogen and oxygen atoms in total. The first-order valence-corrected chi connectivity index (χ1v) is 8.02. The maximum absolute atomic E-state index is 8.92. The van der Waals surface area contributed by atoms with Crippen LogP contribution in [0, 0.1) is 25.2 Å². The van der Waals surface area contributed by atoms with Gasteiger partial charge >= 0.3 is 0 Å². The lowest BCUT2D eigenvalue weighted by molar-refractivity contribution is 0.657. The van der Waals surface area contributed by atoms with E-state index in [1.165, 1.54) is 0 Å². The molecule has 0 aliphatic rings. The summed E-state index contributed by atoms with van der Waals surface area (Å²) in [6.07, 6.45) is 3.62. The van der Waals surface area contributed by atoms with Crippen LogP contribution < -0.4 is 0 Å². The second-order valence-corrected chi connectivity index (χ2v) is 6.32. The van der Waals surface area contributed by atoms with Crippen LogP contribution in [-0.4, -0.2) is 14.8 Å². The van der Waals surface area contributed by atoms with Crippen molar-refractivity contribution in [1.29, 1.82) is 5.26 Å². The first kappa shape index (κ1) is 15.4. The highest BCUT2D eigenvalue weighted by Crippen LogP contribution is 2.27. The monoisotopic (exact) mass is 366 g/mol. The molecule has 0 aliphatic carbocycles. The third-order valence-corrected chi connectivity index (χ3v) is 4.21. The van der Waals surface area contributed by atoms with Crippen LogP contribution in [0.1, 0.15) is 22.5 Å². The van der Waals surface area contributed by atoms with Crippen LogP contribution >= 0.6 is 15.9 Å². The summed E-state index contributed by atoms with van der Waals surface area (Å²) in [4.78, 5) is 4.20. The second kappa shape index (κ2) is 6.35. The van der Waals surface area contributed by atoms with E-state index in [1.54, 1.807) is 6.20 Å². The zero-order chi connectivity index (χ0) is 16.4. The molecule has 0 atom stereocenters. The molecule has 1 aromatic carbocycles. The number of pyridine rings is 1. The van der Waals surface area contributed by atoms with Crippen LogP contribution in [0.4, 0.5) is 0 Å². The molecule has 0 amide bonds. The Morgan fingerprint density at radius 1 is 1.17 bits per heavy atom. The third kappa shape index (κ3) is 3.17. The molecule has 23 heavy (non-hydrogen) atoms. The molecule has 2 aromatic heterocycles. The second-order valence-electron chi connectivity index (χ2n) is 5.40. The van der Waals surface area contributed by atoms with Crippen molar-refractivity contribution in [3.8, 4) is 17.2 Å². The predicted octanol–water partition coefficient (Wildman–Crippen LogP) is 4.24. The van der Waals surface area contributed by atoms with Crippen LogP contribution in [0.5, 0.6) is 0 Å². The average molecular weight is 367 g/mol. The first-order valence-electron chi connectivity index (χ1n) is 7.22. The molecular formula is C18H15BrN4. The Labute approximate surface area is 143 Å². The minimum Gasteiger partial charge on any atom is -0.264 e. The fraction of sp³-hybridized carbons (Fsp3) is 0.167. The Hall–Kier alpha value is -2.45. The molecule has 0 radical (unpaired) electrons. The molecule has 0 spiro atoms. The molecule has 0 fully saturated rings. The molecule has 3 rings (SSSR count). The van der Waals surface area contributed by atoms with Gasteiger partial charge in [-0.2, -0.15) is 10.4 Å². The summed E-state index contributed by atoms with van der Waals surface area (Å²) in [5.41, 5.74) is 6.05. The number of hydrogen-bond acceptors (Lipinski definition) is 3. The van der Waals surface area contributed by atoms with Crippen LogP contribution in [0.25, 0.3) is 11.1 Å². The van der Waals surface area contributed by atoms with Gasteiger partial charge in [-0.25, -0.2) is 0 Å². The van der Waals surface area contributed by atoms with E-state index in [4.69, 9.17) is 5.26 Å². The molecule has 0 saturated carbocycles. The van der Waals surface area contributed by atoms with E-state index in [1.807, 2.05) is 48.1 Å². The van der Waals surface area contributed by atoms with E-state index >= 15 is 0 Å². The summed E-state index contributed by atoms with van der Waals surface area (Å²) >= 11 is 3.45. The Morgan fingerprint density at radius 2 is 1.91 bits per heavy atom. The fourth-order valence-corrected chi connectivity index (χ4v) is 3.11. The van der Waals surface area contributed by atoms with Gasteiger partial charge in [-0.05, 0) is 59.1 Å². The van der Waals surface area contributed by atoms with E-state index in [-0.39, 0.29) is 0 Å². The molecule has 114 valence electrons. The maximum atomic E-state index is 8.92. The largest absolute Gasteiger partial charge is 0.264 e. The van der Waals surface area contributed by atoms with Crippen molar-refractivity contribution >= 4 is 15.9 Å². The zero-order valence-corrected chi connectivity index (χ0v) is 14.5. The number of hydrogen-bond donors (Lipinski definition) is 0. The molecule has 0 bridgehead atoms. The van der Waals surface area contributed by atoms with Crippen molar-refractivity contribution in [2.24, 2.45) is 0 Å². The van der Waals surface area contributed by atoms with Gasteiger partial charge in [0.05, 0.1) is 23.9 Å². The number of nitrogens with zero attached hydrogens (tertiary/aromatic N) is 4. The van der Waals surface area contributed by atoms with Gasteiger partial charge in [0.1, 0.15) is 0 Å². The van der Waals surface area contributed by atoms with E-state index in [0.29, 0.717) is 12.1 Å². The molecule has 5 heteroatoms. The highest BCUT2D eigenvalue weighted by molar-refractivity contribution is 9.10. The molecular weight excluding hydrogens is 352 g/mol. The summed E-state index contributed by atoms with van der Waals surface area (Å²) in [6, 6.07) is 11.8. The quantitative estimate of drug-likeness (QED) is 0.696. The lowest BCUT2D eigenvalue weighted by Gasteiger charge is -2.06. The molecule has 0 saturated heterocycles. The van der Waals surface area contributed by atoms with Crippen LogP contribution in [0.15, 0.2) is 47.2 Å². The summed E-state index contributed by atoms with van der Waals surface area (Å²) in [6.45, 7) is 4.75. The van der Waals surface area contributed by atoms with Crippen LogP contribution in [0.2, 0.25) is 0 Å². The topological polar surface area (TPSA) is 54.5 Å². The van der Waals surface area contributed by atoms with Gasteiger partial charge in [0.25, 0.3) is 0 Å². The number of nitriles is 1. The third-order valence-electron chi connectivity index (χ3n) is 3.78. The number of aromatic nitrogens is 3. The van der Waals surface area contributed by atoms with Crippen molar-refractivity contribution in [2.75, 3.05) is 0 Å². The summed E-state index contributed by atoms with van der Waals surface area (Å²) in [5.74, 6) is 0. The predicted molar refractivity (Wildman–Crippen MR) is 92.9 cm³/mol. The van der Waals surface area contributed by atoms with Crippen LogP contribution in [-0.2, 0) is 6.54 Å². The van der Waals surface area contributed by atoms with Gasteiger partial charge in [0.2, 0.25) is 0 Å². The lowest BCUT2D eigenvalue weighted by atomic mass is 10.0. The van der Waals surface area contributed by atoms with E-state index in [2.05, 4.69) is 39.0 Å². The minimum atomic E-state index is 0.664. The average Bonchev–Trinajstić information content (AvgIpc) is 2.81. The lowest BCUT2D eigenvalue weighted by Crippen LogP contribution is -2.04. The smallest absolute Gasteiger partial charge is 0.0991 e. The Kier molecular flexibility index (Phi) is 4.26. The summed E-state index contributed by atoms with van der Waals surface area (Å²) in [7, 11) is 0. The van der Waals surface area contributed by atoms with Gasteiger partial charge in [0, 0.05) is 28.1 Å².